The third-order valence-electron chi connectivity index (χ3n) is 5.51. The Balaban J connectivity index is 1.50. The fourth-order valence-corrected chi connectivity index (χ4v) is 3.82. The van der Waals surface area contributed by atoms with Gasteiger partial charge in [0.25, 0.3) is 0 Å². The predicted octanol–water partition coefficient (Wildman–Crippen LogP) is 3.35. The zero-order valence-corrected chi connectivity index (χ0v) is 17.0. The van der Waals surface area contributed by atoms with Gasteiger partial charge in [-0.1, -0.05) is 36.4 Å². The van der Waals surface area contributed by atoms with E-state index in [1.165, 1.54) is 5.56 Å². The molecule has 0 unspecified atom stereocenters. The first kappa shape index (κ1) is 18.6. The van der Waals surface area contributed by atoms with Gasteiger partial charge in [-0.3, -0.25) is 5.10 Å². The summed E-state index contributed by atoms with van der Waals surface area (Å²) >= 11 is 0. The summed E-state index contributed by atoms with van der Waals surface area (Å²) < 4.78 is 0. The molecule has 4 aromatic rings. The van der Waals surface area contributed by atoms with Crippen LogP contribution >= 0.6 is 0 Å². The van der Waals surface area contributed by atoms with Crippen molar-refractivity contribution in [2.24, 2.45) is 0 Å². The molecule has 2 aromatic carbocycles. The van der Waals surface area contributed by atoms with E-state index in [-0.39, 0.29) is 0 Å². The summed E-state index contributed by atoms with van der Waals surface area (Å²) in [4.78, 5) is 12.1. The van der Waals surface area contributed by atoms with Gasteiger partial charge in [0.2, 0.25) is 0 Å². The van der Waals surface area contributed by atoms with Crippen molar-refractivity contribution in [2.75, 3.05) is 36.4 Å². The normalized spacial score (nSPS) is 14.2. The van der Waals surface area contributed by atoms with Gasteiger partial charge in [-0.2, -0.15) is 5.10 Å². The maximum atomic E-state index is 5.04. The summed E-state index contributed by atoms with van der Waals surface area (Å²) in [7, 11) is 0. The van der Waals surface area contributed by atoms with Crippen LogP contribution in [0.25, 0.3) is 22.2 Å². The van der Waals surface area contributed by atoms with E-state index in [9.17, 15) is 0 Å². The smallest absolute Gasteiger partial charge is 0.172 e. The number of H-pyrrole nitrogens is 1. The van der Waals surface area contributed by atoms with Crippen LogP contribution in [0, 0.1) is 6.92 Å². The number of rotatable bonds is 5. The lowest BCUT2D eigenvalue weighted by Crippen LogP contribution is -2.44. The third-order valence-corrected chi connectivity index (χ3v) is 5.51. The highest BCUT2D eigenvalue weighted by Crippen LogP contribution is 2.29. The second-order valence-corrected chi connectivity index (χ2v) is 7.58. The van der Waals surface area contributed by atoms with Crippen LogP contribution in [0.2, 0.25) is 0 Å². The number of nitrogens with zero attached hydrogens (tertiary/aromatic N) is 4. The Labute approximate surface area is 175 Å². The molecule has 0 bridgehead atoms. The number of anilines is 2. The van der Waals surface area contributed by atoms with Gasteiger partial charge < -0.3 is 15.5 Å². The minimum atomic E-state index is 0.716. The molecule has 1 saturated heterocycles. The SMILES string of the molecule is Cc1[nH]nc2ccc(-c3cnc(NCc4ccccc4)c(N4CCNCC4)n3)cc12. The van der Waals surface area contributed by atoms with E-state index < -0.39 is 0 Å². The van der Waals surface area contributed by atoms with Crippen molar-refractivity contribution in [3.8, 4) is 11.3 Å². The van der Waals surface area contributed by atoms with E-state index in [4.69, 9.17) is 9.97 Å². The first-order valence-corrected chi connectivity index (χ1v) is 10.3. The van der Waals surface area contributed by atoms with Gasteiger partial charge in [0, 0.05) is 49.4 Å². The molecule has 0 atom stereocenters. The molecule has 2 aromatic heterocycles. The van der Waals surface area contributed by atoms with E-state index >= 15 is 0 Å². The summed E-state index contributed by atoms with van der Waals surface area (Å²) in [5.74, 6) is 1.74. The van der Waals surface area contributed by atoms with Gasteiger partial charge in [-0.25, -0.2) is 9.97 Å². The molecular formula is C23H25N7. The molecule has 1 aliphatic heterocycles. The highest BCUT2D eigenvalue weighted by Gasteiger charge is 2.18. The average molecular weight is 400 g/mol. The lowest BCUT2D eigenvalue weighted by molar-refractivity contribution is 0.585. The molecule has 1 aliphatic rings. The van der Waals surface area contributed by atoms with Crippen LogP contribution in [0.1, 0.15) is 11.3 Å². The topological polar surface area (TPSA) is 81.8 Å². The summed E-state index contributed by atoms with van der Waals surface area (Å²) in [5, 5.41) is 15.4. The Bertz CT molecular complexity index is 1150. The Morgan fingerprint density at radius 3 is 2.73 bits per heavy atom. The van der Waals surface area contributed by atoms with Gasteiger partial charge in [0.15, 0.2) is 11.6 Å². The summed E-state index contributed by atoms with van der Waals surface area (Å²) in [6, 6.07) is 16.6. The summed E-state index contributed by atoms with van der Waals surface area (Å²) in [6.45, 7) is 6.48. The quantitative estimate of drug-likeness (QED) is 0.477. The molecule has 1 fully saturated rings. The first-order valence-electron chi connectivity index (χ1n) is 10.3. The average Bonchev–Trinajstić information content (AvgIpc) is 3.19. The second-order valence-electron chi connectivity index (χ2n) is 7.58. The van der Waals surface area contributed by atoms with Crippen LogP contribution in [0.3, 0.4) is 0 Å². The minimum Gasteiger partial charge on any atom is -0.363 e. The highest BCUT2D eigenvalue weighted by molar-refractivity contribution is 5.86. The number of benzene rings is 2. The maximum Gasteiger partial charge on any atom is 0.172 e. The van der Waals surface area contributed by atoms with E-state index in [1.54, 1.807) is 0 Å². The van der Waals surface area contributed by atoms with E-state index in [2.05, 4.69) is 62.1 Å². The molecule has 152 valence electrons. The number of piperazine rings is 1. The van der Waals surface area contributed by atoms with Crippen LogP contribution in [0.5, 0.6) is 0 Å². The van der Waals surface area contributed by atoms with Crippen LogP contribution < -0.4 is 15.5 Å². The predicted molar refractivity (Wildman–Crippen MR) is 121 cm³/mol. The molecule has 0 aliphatic carbocycles. The molecule has 3 N–H and O–H groups in total. The molecular weight excluding hydrogens is 374 g/mol. The molecule has 0 spiro atoms. The summed E-state index contributed by atoms with van der Waals surface area (Å²) in [5.41, 5.74) is 5.16. The minimum absolute atomic E-state index is 0.716. The molecule has 7 heteroatoms. The largest absolute Gasteiger partial charge is 0.363 e. The van der Waals surface area contributed by atoms with Gasteiger partial charge >= 0.3 is 0 Å². The number of nitrogens with one attached hydrogen (secondary N) is 3. The van der Waals surface area contributed by atoms with Crippen molar-refractivity contribution < 1.29 is 0 Å². The van der Waals surface area contributed by atoms with Crippen molar-refractivity contribution >= 4 is 22.5 Å². The monoisotopic (exact) mass is 399 g/mol. The number of aromatic nitrogens is 4. The van der Waals surface area contributed by atoms with Crippen molar-refractivity contribution in [3.63, 3.8) is 0 Å². The van der Waals surface area contributed by atoms with E-state index in [0.29, 0.717) is 6.54 Å². The fraction of sp³-hybridized carbons (Fsp3) is 0.261. The van der Waals surface area contributed by atoms with E-state index in [1.807, 2.05) is 25.3 Å². The zero-order chi connectivity index (χ0) is 20.3. The van der Waals surface area contributed by atoms with Crippen LogP contribution in [0.15, 0.2) is 54.7 Å². The van der Waals surface area contributed by atoms with Crippen molar-refractivity contribution in [1.29, 1.82) is 0 Å². The first-order chi connectivity index (χ1) is 14.8. The summed E-state index contributed by atoms with van der Waals surface area (Å²) in [6.07, 6.45) is 1.86. The number of aromatic amines is 1. The molecule has 0 amide bonds. The highest BCUT2D eigenvalue weighted by atomic mass is 15.3. The number of fused-ring (bicyclic) bond motifs is 1. The van der Waals surface area contributed by atoms with Gasteiger partial charge in [0.1, 0.15) is 0 Å². The standard InChI is InChI=1S/C23H25N7/c1-16-19-13-18(7-8-20(19)29-28-16)21-15-26-22(25-14-17-5-3-2-4-6-17)23(27-21)30-11-9-24-10-12-30/h2-8,13,15,24H,9-12,14H2,1H3,(H,25,26)(H,28,29). The van der Waals surface area contributed by atoms with E-state index in [0.717, 1.165) is 65.7 Å². The maximum absolute atomic E-state index is 5.04. The number of aryl methyl sites for hydroxylation is 1. The molecule has 5 rings (SSSR count). The van der Waals surface area contributed by atoms with Crippen LogP contribution in [-0.2, 0) is 6.54 Å². The Morgan fingerprint density at radius 1 is 1.07 bits per heavy atom. The van der Waals surface area contributed by atoms with Gasteiger partial charge in [0.05, 0.1) is 17.4 Å². The van der Waals surface area contributed by atoms with Crippen LogP contribution in [-0.4, -0.2) is 46.3 Å². The zero-order valence-electron chi connectivity index (χ0n) is 17.0. The Morgan fingerprint density at radius 2 is 1.90 bits per heavy atom. The second kappa shape index (κ2) is 8.12. The number of hydrogen-bond acceptors (Lipinski definition) is 6. The lowest BCUT2D eigenvalue weighted by atomic mass is 10.1. The third kappa shape index (κ3) is 3.71. The van der Waals surface area contributed by atoms with Crippen molar-refractivity contribution in [2.45, 2.75) is 13.5 Å². The molecule has 0 saturated carbocycles. The Kier molecular flexibility index (Phi) is 5.03. The Hall–Kier alpha value is -3.45. The van der Waals surface area contributed by atoms with Gasteiger partial charge in [-0.05, 0) is 24.6 Å². The molecule has 7 nitrogen and oxygen atoms in total. The van der Waals surface area contributed by atoms with Crippen LogP contribution in [0.4, 0.5) is 11.6 Å². The number of hydrogen-bond donors (Lipinski definition) is 3. The fourth-order valence-electron chi connectivity index (χ4n) is 3.82. The molecule has 0 radical (unpaired) electrons. The van der Waals surface area contributed by atoms with Crippen molar-refractivity contribution in [3.05, 3.63) is 66.0 Å². The van der Waals surface area contributed by atoms with Gasteiger partial charge in [-0.15, -0.1) is 0 Å². The molecule has 30 heavy (non-hydrogen) atoms. The molecule has 3 heterocycles. The lowest BCUT2D eigenvalue weighted by Gasteiger charge is -2.30. The van der Waals surface area contributed by atoms with Crippen molar-refractivity contribution in [1.82, 2.24) is 25.5 Å².